The Hall–Kier alpha value is -0.640. The van der Waals surface area contributed by atoms with E-state index >= 15 is 0 Å². The molecule has 1 aromatic heterocycles. The molecule has 0 bridgehead atoms. The predicted molar refractivity (Wildman–Crippen MR) is 70.1 cm³/mol. The Morgan fingerprint density at radius 3 is 2.73 bits per heavy atom. The average Bonchev–Trinajstić information content (AvgIpc) is 2.64. The third-order valence-corrected chi connectivity index (χ3v) is 4.18. The molecule has 0 aliphatic rings. The smallest absolute Gasteiger partial charge is 0.0484 e. The van der Waals surface area contributed by atoms with Crippen molar-refractivity contribution in [2.24, 2.45) is 5.73 Å². The summed E-state index contributed by atoms with van der Waals surface area (Å²) in [5.74, 6) is 0. The van der Waals surface area contributed by atoms with Crippen LogP contribution in [0.4, 0.5) is 0 Å². The number of hydrogen-bond acceptors (Lipinski definition) is 2. The number of nitrogens with two attached hydrogens (primary N) is 1. The van der Waals surface area contributed by atoms with Gasteiger partial charge in [-0.3, -0.25) is 0 Å². The molecule has 2 N–H and O–H groups in total. The van der Waals surface area contributed by atoms with E-state index in [1.807, 2.05) is 6.92 Å². The number of benzene rings is 1. The highest BCUT2D eigenvalue weighted by molar-refractivity contribution is 9.10. The van der Waals surface area contributed by atoms with Crippen LogP contribution in [-0.2, 0) is 0 Å². The van der Waals surface area contributed by atoms with Crippen LogP contribution in [0.3, 0.4) is 0 Å². The standard InChI is InChI=1S/C12H12BrNS/c1-8(14)9-3-2-4-10(7-9)12-11(13)5-6-15-12/h2-8H,14H2,1H3. The molecular formula is C12H12BrNS. The topological polar surface area (TPSA) is 26.0 Å². The second-order valence-corrected chi connectivity index (χ2v) is 5.28. The van der Waals surface area contributed by atoms with Gasteiger partial charge in [-0.05, 0) is 51.5 Å². The number of thiophene rings is 1. The quantitative estimate of drug-likeness (QED) is 0.877. The minimum absolute atomic E-state index is 0.0867. The molecule has 0 saturated heterocycles. The van der Waals surface area contributed by atoms with Gasteiger partial charge >= 0.3 is 0 Å². The molecule has 0 aliphatic heterocycles. The first-order chi connectivity index (χ1) is 7.18. The van der Waals surface area contributed by atoms with Gasteiger partial charge in [0.15, 0.2) is 0 Å². The zero-order valence-corrected chi connectivity index (χ0v) is 10.8. The highest BCUT2D eigenvalue weighted by Gasteiger charge is 2.06. The molecule has 2 rings (SSSR count). The molecule has 1 atom stereocenters. The molecule has 0 fully saturated rings. The first-order valence-electron chi connectivity index (χ1n) is 4.77. The summed E-state index contributed by atoms with van der Waals surface area (Å²) >= 11 is 5.28. The van der Waals surface area contributed by atoms with Crippen molar-refractivity contribution >= 4 is 27.3 Å². The number of rotatable bonds is 2. The molecule has 0 radical (unpaired) electrons. The summed E-state index contributed by atoms with van der Waals surface area (Å²) in [4.78, 5) is 1.26. The summed E-state index contributed by atoms with van der Waals surface area (Å²) < 4.78 is 1.15. The van der Waals surface area contributed by atoms with Crippen molar-refractivity contribution in [1.82, 2.24) is 0 Å². The Morgan fingerprint density at radius 2 is 2.13 bits per heavy atom. The minimum atomic E-state index is 0.0867. The molecule has 1 unspecified atom stereocenters. The van der Waals surface area contributed by atoms with E-state index in [0.29, 0.717) is 0 Å². The van der Waals surface area contributed by atoms with Gasteiger partial charge in [0.25, 0.3) is 0 Å². The van der Waals surface area contributed by atoms with E-state index in [4.69, 9.17) is 5.73 Å². The van der Waals surface area contributed by atoms with Crippen molar-refractivity contribution in [2.75, 3.05) is 0 Å². The molecule has 78 valence electrons. The average molecular weight is 282 g/mol. The van der Waals surface area contributed by atoms with Crippen LogP contribution in [0.25, 0.3) is 10.4 Å². The molecule has 0 amide bonds. The summed E-state index contributed by atoms with van der Waals surface area (Å²) in [6, 6.07) is 10.5. The SMILES string of the molecule is CC(N)c1cccc(-c2sccc2Br)c1. The van der Waals surface area contributed by atoms with Crippen molar-refractivity contribution in [1.29, 1.82) is 0 Å². The van der Waals surface area contributed by atoms with Crippen LogP contribution < -0.4 is 5.73 Å². The van der Waals surface area contributed by atoms with E-state index in [9.17, 15) is 0 Å². The van der Waals surface area contributed by atoms with Gasteiger partial charge in [0.1, 0.15) is 0 Å². The first kappa shape index (κ1) is 10.9. The normalized spacial score (nSPS) is 12.7. The van der Waals surface area contributed by atoms with Gasteiger partial charge in [-0.1, -0.05) is 18.2 Å². The molecule has 2 aromatic rings. The molecule has 0 spiro atoms. The lowest BCUT2D eigenvalue weighted by Crippen LogP contribution is -2.04. The molecule has 0 saturated carbocycles. The van der Waals surface area contributed by atoms with Crippen molar-refractivity contribution in [3.8, 4) is 10.4 Å². The zero-order valence-electron chi connectivity index (χ0n) is 8.41. The lowest BCUT2D eigenvalue weighted by Gasteiger charge is -2.07. The fourth-order valence-corrected chi connectivity index (χ4v) is 3.06. The molecular weight excluding hydrogens is 270 g/mol. The number of hydrogen-bond donors (Lipinski definition) is 1. The zero-order chi connectivity index (χ0) is 10.8. The van der Waals surface area contributed by atoms with E-state index in [1.165, 1.54) is 16.0 Å². The molecule has 0 aliphatic carbocycles. The summed E-state index contributed by atoms with van der Waals surface area (Å²) in [7, 11) is 0. The van der Waals surface area contributed by atoms with Crippen LogP contribution in [-0.4, -0.2) is 0 Å². The molecule has 3 heteroatoms. The third kappa shape index (κ3) is 2.30. The summed E-state index contributed by atoms with van der Waals surface area (Å²) in [5.41, 5.74) is 8.27. The fourth-order valence-electron chi connectivity index (χ4n) is 1.46. The van der Waals surface area contributed by atoms with Crippen molar-refractivity contribution < 1.29 is 0 Å². The Balaban J connectivity index is 2.46. The van der Waals surface area contributed by atoms with Gasteiger partial charge in [-0.15, -0.1) is 11.3 Å². The van der Waals surface area contributed by atoms with E-state index in [-0.39, 0.29) is 6.04 Å². The maximum absolute atomic E-state index is 5.87. The van der Waals surface area contributed by atoms with Gasteiger partial charge in [-0.25, -0.2) is 0 Å². The Kier molecular flexibility index (Phi) is 3.24. The highest BCUT2D eigenvalue weighted by Crippen LogP contribution is 2.34. The van der Waals surface area contributed by atoms with Crippen LogP contribution in [0.5, 0.6) is 0 Å². The van der Waals surface area contributed by atoms with Gasteiger partial charge < -0.3 is 5.73 Å². The lowest BCUT2D eigenvalue weighted by molar-refractivity contribution is 0.819. The van der Waals surface area contributed by atoms with Crippen LogP contribution in [0.15, 0.2) is 40.2 Å². The molecule has 1 aromatic carbocycles. The third-order valence-electron chi connectivity index (χ3n) is 2.29. The maximum atomic E-state index is 5.87. The summed E-state index contributed by atoms with van der Waals surface area (Å²) in [5, 5.41) is 2.08. The van der Waals surface area contributed by atoms with E-state index in [2.05, 4.69) is 51.6 Å². The van der Waals surface area contributed by atoms with Crippen LogP contribution in [0.2, 0.25) is 0 Å². The van der Waals surface area contributed by atoms with Crippen LogP contribution >= 0.6 is 27.3 Å². The highest BCUT2D eigenvalue weighted by atomic mass is 79.9. The van der Waals surface area contributed by atoms with Crippen molar-refractivity contribution in [3.05, 3.63) is 45.7 Å². The Morgan fingerprint density at radius 1 is 1.33 bits per heavy atom. The lowest BCUT2D eigenvalue weighted by atomic mass is 10.1. The van der Waals surface area contributed by atoms with Gasteiger partial charge in [0, 0.05) is 15.4 Å². The Labute approximate surface area is 102 Å². The molecule has 1 nitrogen and oxygen atoms in total. The van der Waals surface area contributed by atoms with Gasteiger partial charge in [0.2, 0.25) is 0 Å². The minimum Gasteiger partial charge on any atom is -0.324 e. The van der Waals surface area contributed by atoms with E-state index < -0.39 is 0 Å². The molecule has 1 heterocycles. The van der Waals surface area contributed by atoms with E-state index in [0.717, 1.165) is 4.47 Å². The second kappa shape index (κ2) is 4.47. The first-order valence-corrected chi connectivity index (χ1v) is 6.44. The molecule has 15 heavy (non-hydrogen) atoms. The largest absolute Gasteiger partial charge is 0.324 e. The van der Waals surface area contributed by atoms with Gasteiger partial charge in [0.05, 0.1) is 0 Å². The maximum Gasteiger partial charge on any atom is 0.0484 e. The monoisotopic (exact) mass is 281 g/mol. The van der Waals surface area contributed by atoms with Crippen LogP contribution in [0.1, 0.15) is 18.5 Å². The van der Waals surface area contributed by atoms with Gasteiger partial charge in [-0.2, -0.15) is 0 Å². The summed E-state index contributed by atoms with van der Waals surface area (Å²) in [6.45, 7) is 2.00. The number of halogens is 1. The fraction of sp³-hybridized carbons (Fsp3) is 0.167. The van der Waals surface area contributed by atoms with Crippen LogP contribution in [0, 0.1) is 0 Å². The predicted octanol–water partition coefficient (Wildman–Crippen LogP) is 4.20. The second-order valence-electron chi connectivity index (χ2n) is 3.51. The summed E-state index contributed by atoms with van der Waals surface area (Å²) in [6.07, 6.45) is 0. The Bertz CT molecular complexity index is 462. The van der Waals surface area contributed by atoms with E-state index in [1.54, 1.807) is 11.3 Å². The van der Waals surface area contributed by atoms with Crippen molar-refractivity contribution in [3.63, 3.8) is 0 Å². The van der Waals surface area contributed by atoms with Crippen molar-refractivity contribution in [2.45, 2.75) is 13.0 Å².